The first-order chi connectivity index (χ1) is 7.08. The molecule has 0 spiro atoms. The van der Waals surface area contributed by atoms with Crippen LogP contribution in [0, 0.1) is 11.3 Å². The first kappa shape index (κ1) is 12.0. The lowest BCUT2D eigenvalue weighted by Gasteiger charge is -1.94. The van der Waals surface area contributed by atoms with E-state index in [2.05, 4.69) is 37.2 Å². The lowest BCUT2D eigenvalue weighted by Crippen LogP contribution is -2.18. The lowest BCUT2D eigenvalue weighted by molar-refractivity contribution is -0.116. The molecule has 1 heterocycles. The van der Waals surface area contributed by atoms with E-state index in [4.69, 9.17) is 9.68 Å². The molecule has 1 amide bonds. The van der Waals surface area contributed by atoms with Crippen molar-refractivity contribution in [3.63, 3.8) is 0 Å². The van der Waals surface area contributed by atoms with E-state index in [1.807, 2.05) is 0 Å². The molecule has 0 bridgehead atoms. The van der Waals surface area contributed by atoms with Crippen LogP contribution in [0.4, 0.5) is 0 Å². The van der Waals surface area contributed by atoms with Gasteiger partial charge in [0.25, 0.3) is 5.91 Å². The van der Waals surface area contributed by atoms with E-state index in [9.17, 15) is 4.79 Å². The number of carbonyl (C=O) groups is 1. The molecule has 0 radical (unpaired) electrons. The number of halogens is 2. The van der Waals surface area contributed by atoms with Gasteiger partial charge in [0.1, 0.15) is 17.4 Å². The highest BCUT2D eigenvalue weighted by atomic mass is 79.9. The van der Waals surface area contributed by atoms with Gasteiger partial charge in [-0.3, -0.25) is 4.79 Å². The van der Waals surface area contributed by atoms with E-state index in [1.54, 1.807) is 12.1 Å². The van der Waals surface area contributed by atoms with Crippen LogP contribution in [0.25, 0.3) is 6.08 Å². The van der Waals surface area contributed by atoms with Crippen LogP contribution in [-0.4, -0.2) is 13.0 Å². The Labute approximate surface area is 103 Å². The fourth-order valence-electron chi connectivity index (χ4n) is 0.860. The van der Waals surface area contributed by atoms with Gasteiger partial charge in [-0.05, 0) is 37.9 Å². The summed E-state index contributed by atoms with van der Waals surface area (Å²) in [5.41, 5.74) is -0.00810. The van der Waals surface area contributed by atoms with Crippen LogP contribution in [0.15, 0.2) is 25.2 Å². The van der Waals surface area contributed by atoms with E-state index >= 15 is 0 Å². The summed E-state index contributed by atoms with van der Waals surface area (Å²) in [6, 6.07) is 3.45. The van der Waals surface area contributed by atoms with Gasteiger partial charge in [0.2, 0.25) is 0 Å². The summed E-state index contributed by atoms with van der Waals surface area (Å²) in [5.74, 6) is -0.0185. The van der Waals surface area contributed by atoms with E-state index < -0.39 is 5.91 Å². The molecule has 1 N–H and O–H groups in total. The molecule has 0 atom stereocenters. The van der Waals surface area contributed by atoms with Crippen LogP contribution < -0.4 is 5.32 Å². The maximum absolute atomic E-state index is 11.2. The number of furan rings is 1. The fraction of sp³-hybridized carbons (Fsp3) is 0.111. The number of carbonyl (C=O) groups excluding carboxylic acids is 1. The second-order valence-corrected chi connectivity index (χ2v) is 4.09. The summed E-state index contributed by atoms with van der Waals surface area (Å²) in [4.78, 5) is 11.2. The number of likely N-dealkylation sites (N-methyl/N-ethyl adjacent to an activating group) is 1. The number of nitriles is 1. The molecular weight excluding hydrogens is 328 g/mol. The van der Waals surface area contributed by atoms with Crippen molar-refractivity contribution in [1.29, 1.82) is 5.26 Å². The third-order valence-corrected chi connectivity index (χ3v) is 3.25. The molecule has 0 aliphatic carbocycles. The third-order valence-electron chi connectivity index (χ3n) is 1.54. The second kappa shape index (κ2) is 5.14. The Kier molecular flexibility index (Phi) is 4.12. The van der Waals surface area contributed by atoms with Gasteiger partial charge in [-0.15, -0.1) is 0 Å². The van der Waals surface area contributed by atoms with Crippen molar-refractivity contribution in [2.45, 2.75) is 0 Å². The molecular formula is C9H6Br2N2O2. The predicted octanol–water partition coefficient (Wildman–Crippen LogP) is 2.46. The van der Waals surface area contributed by atoms with Gasteiger partial charge in [-0.2, -0.15) is 5.26 Å². The molecule has 6 heteroatoms. The first-order valence-corrected chi connectivity index (χ1v) is 5.45. The quantitative estimate of drug-likeness (QED) is 0.667. The van der Waals surface area contributed by atoms with Crippen molar-refractivity contribution in [3.8, 4) is 6.07 Å². The summed E-state index contributed by atoms with van der Waals surface area (Å²) in [6.45, 7) is 0. The molecule has 15 heavy (non-hydrogen) atoms. The largest absolute Gasteiger partial charge is 0.449 e. The van der Waals surface area contributed by atoms with Crippen molar-refractivity contribution in [2.24, 2.45) is 0 Å². The first-order valence-electron chi connectivity index (χ1n) is 3.87. The minimum absolute atomic E-state index is 0.00810. The molecule has 1 aromatic heterocycles. The summed E-state index contributed by atoms with van der Waals surface area (Å²) in [7, 11) is 1.46. The minimum atomic E-state index is -0.443. The minimum Gasteiger partial charge on any atom is -0.449 e. The Bertz CT molecular complexity index is 438. The molecule has 0 unspecified atom stereocenters. The van der Waals surface area contributed by atoms with Crippen LogP contribution in [0.5, 0.6) is 0 Å². The molecule has 4 nitrogen and oxygen atoms in total. The Balaban J connectivity index is 3.05. The number of hydrogen-bond donors (Lipinski definition) is 1. The van der Waals surface area contributed by atoms with Crippen molar-refractivity contribution in [2.75, 3.05) is 7.05 Å². The number of hydrogen-bond acceptors (Lipinski definition) is 3. The van der Waals surface area contributed by atoms with Gasteiger partial charge in [-0.1, -0.05) is 0 Å². The molecule has 78 valence electrons. The van der Waals surface area contributed by atoms with Crippen LogP contribution in [0.1, 0.15) is 5.76 Å². The number of nitrogens with one attached hydrogen (secondary N) is 1. The average Bonchev–Trinajstić information content (AvgIpc) is 2.53. The van der Waals surface area contributed by atoms with Crippen molar-refractivity contribution in [3.05, 3.63) is 26.5 Å². The Morgan fingerprint density at radius 3 is 2.73 bits per heavy atom. The summed E-state index contributed by atoms with van der Waals surface area (Å²) in [5, 5.41) is 11.1. The molecule has 1 aromatic rings. The molecule has 0 saturated carbocycles. The monoisotopic (exact) mass is 332 g/mol. The van der Waals surface area contributed by atoms with Gasteiger partial charge >= 0.3 is 0 Å². The van der Waals surface area contributed by atoms with Gasteiger partial charge in [0, 0.05) is 13.1 Å². The molecule has 0 aliphatic rings. The topological polar surface area (TPSA) is 66.0 Å². The standard InChI is InChI=1S/C9H6Br2N2O2/c1-13-9(14)5(4-12)2-6-3-7(10)8(11)15-6/h2-3H,1H3,(H,13,14)/b5-2+. The fourth-order valence-corrected chi connectivity index (χ4v) is 1.47. The Morgan fingerprint density at radius 1 is 1.67 bits per heavy atom. The van der Waals surface area contributed by atoms with E-state index in [0.29, 0.717) is 10.4 Å². The Hall–Kier alpha value is -1.06. The number of amides is 1. The second-order valence-electron chi connectivity index (χ2n) is 2.52. The van der Waals surface area contributed by atoms with Crippen LogP contribution in [-0.2, 0) is 4.79 Å². The summed E-state index contributed by atoms with van der Waals surface area (Å²) >= 11 is 6.38. The van der Waals surface area contributed by atoms with Gasteiger partial charge in [0.15, 0.2) is 4.67 Å². The zero-order chi connectivity index (χ0) is 11.4. The predicted molar refractivity (Wildman–Crippen MR) is 61.8 cm³/mol. The van der Waals surface area contributed by atoms with Crippen LogP contribution in [0.3, 0.4) is 0 Å². The van der Waals surface area contributed by atoms with Gasteiger partial charge < -0.3 is 9.73 Å². The zero-order valence-corrected chi connectivity index (χ0v) is 10.8. The highest BCUT2D eigenvalue weighted by Crippen LogP contribution is 2.27. The number of rotatable bonds is 2. The van der Waals surface area contributed by atoms with E-state index in [1.165, 1.54) is 13.1 Å². The normalized spacial score (nSPS) is 10.9. The van der Waals surface area contributed by atoms with E-state index in [-0.39, 0.29) is 5.57 Å². The maximum Gasteiger partial charge on any atom is 0.261 e. The van der Waals surface area contributed by atoms with Gasteiger partial charge in [-0.25, -0.2) is 0 Å². The van der Waals surface area contributed by atoms with E-state index in [0.717, 1.165) is 4.47 Å². The molecule has 0 fully saturated rings. The molecule has 0 aromatic carbocycles. The van der Waals surface area contributed by atoms with Crippen molar-refractivity contribution in [1.82, 2.24) is 5.32 Å². The van der Waals surface area contributed by atoms with Crippen molar-refractivity contribution < 1.29 is 9.21 Å². The molecule has 0 saturated heterocycles. The summed E-state index contributed by atoms with van der Waals surface area (Å²) < 4.78 is 6.45. The highest BCUT2D eigenvalue weighted by molar-refractivity contribution is 9.13. The lowest BCUT2D eigenvalue weighted by atomic mass is 10.2. The average molecular weight is 334 g/mol. The van der Waals surface area contributed by atoms with Crippen LogP contribution >= 0.6 is 31.9 Å². The molecule has 1 rings (SSSR count). The SMILES string of the molecule is CNC(=O)/C(C#N)=C/c1cc(Br)c(Br)o1. The Morgan fingerprint density at radius 2 is 2.33 bits per heavy atom. The highest BCUT2D eigenvalue weighted by Gasteiger charge is 2.09. The van der Waals surface area contributed by atoms with Crippen molar-refractivity contribution >= 4 is 43.8 Å². The molecule has 0 aliphatic heterocycles. The van der Waals surface area contributed by atoms with Crippen LogP contribution in [0.2, 0.25) is 0 Å². The number of nitrogens with zero attached hydrogens (tertiary/aromatic N) is 1. The maximum atomic E-state index is 11.2. The zero-order valence-electron chi connectivity index (χ0n) is 7.67. The smallest absolute Gasteiger partial charge is 0.261 e. The van der Waals surface area contributed by atoms with Gasteiger partial charge in [0.05, 0.1) is 4.47 Å². The summed E-state index contributed by atoms with van der Waals surface area (Å²) in [6.07, 6.45) is 1.37. The third kappa shape index (κ3) is 2.94.